The van der Waals surface area contributed by atoms with Crippen LogP contribution in [0.3, 0.4) is 0 Å². The molecule has 2 rings (SSSR count). The Morgan fingerprint density at radius 3 is 2.25 bits per heavy atom. The maximum Gasteiger partial charge on any atom is 0.0456 e. The molecule has 0 unspecified atom stereocenters. The lowest BCUT2D eigenvalue weighted by Crippen LogP contribution is -1.84. The van der Waals surface area contributed by atoms with Gasteiger partial charge >= 0.3 is 0 Å². The topological polar surface area (TPSA) is 15.8 Å². The minimum atomic E-state index is 0.990. The van der Waals surface area contributed by atoms with E-state index in [0.717, 1.165) is 19.3 Å². The normalized spacial score (nSPS) is 12.7. The highest BCUT2D eigenvalue weighted by Gasteiger charge is 1.98. The summed E-state index contributed by atoms with van der Waals surface area (Å²) in [6, 6.07) is 10.7. The van der Waals surface area contributed by atoms with Crippen LogP contribution in [0.5, 0.6) is 0 Å². The molecule has 0 aliphatic carbocycles. The van der Waals surface area contributed by atoms with Crippen LogP contribution >= 0.6 is 0 Å². The number of hydrogen-bond acceptors (Lipinski definition) is 0. The zero-order valence-corrected chi connectivity index (χ0v) is 15.7. The Labute approximate surface area is 147 Å². The Kier molecular flexibility index (Phi) is 7.11. The van der Waals surface area contributed by atoms with Crippen molar-refractivity contribution in [3.05, 3.63) is 71.0 Å². The van der Waals surface area contributed by atoms with Gasteiger partial charge in [-0.2, -0.15) is 0 Å². The van der Waals surface area contributed by atoms with Gasteiger partial charge in [-0.3, -0.25) is 0 Å². The molecule has 1 nitrogen and oxygen atoms in total. The zero-order chi connectivity index (χ0) is 17.4. The second-order valence-corrected chi connectivity index (χ2v) is 7.05. The van der Waals surface area contributed by atoms with E-state index in [1.807, 2.05) is 0 Å². The molecule has 0 aliphatic rings. The van der Waals surface area contributed by atoms with Gasteiger partial charge in [0.05, 0.1) is 0 Å². The van der Waals surface area contributed by atoms with Crippen molar-refractivity contribution in [2.45, 2.75) is 59.8 Å². The molecular weight excluding hydrogens is 290 g/mol. The minimum absolute atomic E-state index is 0.990. The molecule has 2 aromatic rings. The molecular formula is C23H31N. The van der Waals surface area contributed by atoms with Crippen molar-refractivity contribution in [3.8, 4) is 0 Å². The first-order chi connectivity index (χ1) is 11.5. The van der Waals surface area contributed by atoms with Crippen LogP contribution in [0.4, 0.5) is 0 Å². The lowest BCUT2D eigenvalue weighted by Gasteiger charge is -2.01. The Hall–Kier alpha value is -2.02. The van der Waals surface area contributed by atoms with Crippen molar-refractivity contribution in [3.63, 3.8) is 0 Å². The lowest BCUT2D eigenvalue weighted by molar-refractivity contribution is 0.913. The van der Waals surface area contributed by atoms with Crippen molar-refractivity contribution in [1.82, 2.24) is 4.98 Å². The highest BCUT2D eigenvalue weighted by molar-refractivity contribution is 5.80. The van der Waals surface area contributed by atoms with E-state index in [1.54, 1.807) is 0 Å². The van der Waals surface area contributed by atoms with Crippen LogP contribution in [0.1, 0.15) is 59.1 Å². The fraction of sp³-hybridized carbons (Fsp3) is 0.391. The average molecular weight is 322 g/mol. The molecule has 24 heavy (non-hydrogen) atoms. The van der Waals surface area contributed by atoms with Crippen molar-refractivity contribution >= 4 is 10.9 Å². The number of aromatic nitrogens is 1. The Morgan fingerprint density at radius 2 is 1.54 bits per heavy atom. The lowest BCUT2D eigenvalue weighted by atomic mass is 10.1. The molecule has 0 aliphatic heterocycles. The molecule has 0 fully saturated rings. The number of hydrogen-bond donors (Lipinski definition) is 1. The van der Waals surface area contributed by atoms with Gasteiger partial charge < -0.3 is 4.98 Å². The van der Waals surface area contributed by atoms with E-state index in [0.29, 0.717) is 0 Å². The Morgan fingerprint density at radius 1 is 0.875 bits per heavy atom. The van der Waals surface area contributed by atoms with Gasteiger partial charge in [-0.25, -0.2) is 0 Å². The molecule has 0 saturated heterocycles. The molecule has 1 heterocycles. The third-order valence-electron chi connectivity index (χ3n) is 4.38. The van der Waals surface area contributed by atoms with Crippen molar-refractivity contribution in [2.24, 2.45) is 0 Å². The standard InChI is InChI=1S/C23H31N/c1-18(2)9-7-10-19(3)11-8-12-20(4)15-16-22-17-21-13-5-6-14-23(21)24-22/h5-6,9,11,13-15,17,24H,7-8,10,12,16H2,1-4H3. The van der Waals surface area contributed by atoms with Crippen molar-refractivity contribution in [2.75, 3.05) is 0 Å². The third-order valence-corrected chi connectivity index (χ3v) is 4.38. The second kappa shape index (κ2) is 9.32. The SMILES string of the molecule is CC(C)=CCCC(C)=CCCC(C)=CCc1cc2ccccc2[nH]1. The van der Waals surface area contributed by atoms with Gasteiger partial charge in [0.1, 0.15) is 0 Å². The van der Waals surface area contributed by atoms with Crippen LogP contribution in [-0.2, 0) is 6.42 Å². The predicted octanol–water partition coefficient (Wildman–Crippen LogP) is 7.13. The van der Waals surface area contributed by atoms with E-state index >= 15 is 0 Å². The smallest absolute Gasteiger partial charge is 0.0456 e. The van der Waals surface area contributed by atoms with E-state index in [1.165, 1.54) is 46.2 Å². The van der Waals surface area contributed by atoms with Crippen molar-refractivity contribution < 1.29 is 0 Å². The summed E-state index contributed by atoms with van der Waals surface area (Å²) in [5.74, 6) is 0. The largest absolute Gasteiger partial charge is 0.358 e. The maximum atomic E-state index is 3.50. The summed E-state index contributed by atoms with van der Waals surface area (Å²) < 4.78 is 0. The molecule has 0 radical (unpaired) electrons. The third kappa shape index (κ3) is 6.23. The quantitative estimate of drug-likeness (QED) is 0.498. The van der Waals surface area contributed by atoms with Gasteiger partial charge in [-0.15, -0.1) is 0 Å². The molecule has 0 atom stereocenters. The summed E-state index contributed by atoms with van der Waals surface area (Å²) in [5, 5.41) is 1.30. The van der Waals surface area contributed by atoms with Gasteiger partial charge in [0.2, 0.25) is 0 Å². The minimum Gasteiger partial charge on any atom is -0.358 e. The van der Waals surface area contributed by atoms with E-state index in [-0.39, 0.29) is 0 Å². The highest BCUT2D eigenvalue weighted by Crippen LogP contribution is 2.16. The van der Waals surface area contributed by atoms with E-state index in [2.05, 4.69) is 81.2 Å². The fourth-order valence-corrected chi connectivity index (χ4v) is 2.87. The number of nitrogens with one attached hydrogen (secondary N) is 1. The van der Waals surface area contributed by atoms with E-state index in [4.69, 9.17) is 0 Å². The highest BCUT2D eigenvalue weighted by atomic mass is 14.7. The van der Waals surface area contributed by atoms with E-state index < -0.39 is 0 Å². The number of allylic oxidation sites excluding steroid dienone is 6. The molecule has 0 saturated carbocycles. The molecule has 1 N–H and O–H groups in total. The summed E-state index contributed by atoms with van der Waals surface area (Å²) in [6.45, 7) is 8.83. The summed E-state index contributed by atoms with van der Waals surface area (Å²) in [5.41, 5.74) is 6.92. The average Bonchev–Trinajstić information content (AvgIpc) is 2.95. The summed E-state index contributed by atoms with van der Waals surface area (Å²) in [4.78, 5) is 3.50. The molecule has 1 aromatic heterocycles. The van der Waals surface area contributed by atoms with Crippen LogP contribution in [-0.4, -0.2) is 4.98 Å². The molecule has 0 bridgehead atoms. The molecule has 0 spiro atoms. The van der Waals surface area contributed by atoms with Gasteiger partial charge in [0.15, 0.2) is 0 Å². The summed E-state index contributed by atoms with van der Waals surface area (Å²) in [6.07, 6.45) is 12.7. The van der Waals surface area contributed by atoms with E-state index in [9.17, 15) is 0 Å². The fourth-order valence-electron chi connectivity index (χ4n) is 2.87. The van der Waals surface area contributed by atoms with Crippen LogP contribution in [0.2, 0.25) is 0 Å². The van der Waals surface area contributed by atoms with Crippen LogP contribution in [0, 0.1) is 0 Å². The maximum absolute atomic E-state index is 3.50. The van der Waals surface area contributed by atoms with Crippen LogP contribution < -0.4 is 0 Å². The zero-order valence-electron chi connectivity index (χ0n) is 15.7. The number of fused-ring (bicyclic) bond motifs is 1. The molecule has 0 amide bonds. The number of H-pyrrole nitrogens is 1. The Balaban J connectivity index is 1.78. The Bertz CT molecular complexity index is 703. The monoisotopic (exact) mass is 321 g/mol. The van der Waals surface area contributed by atoms with Crippen LogP contribution in [0.25, 0.3) is 10.9 Å². The van der Waals surface area contributed by atoms with Gasteiger partial charge in [0.25, 0.3) is 0 Å². The molecule has 128 valence electrons. The first-order valence-electron chi connectivity index (χ1n) is 9.06. The number of aromatic amines is 1. The summed E-state index contributed by atoms with van der Waals surface area (Å²) >= 11 is 0. The predicted molar refractivity (Wildman–Crippen MR) is 107 cm³/mol. The van der Waals surface area contributed by atoms with Gasteiger partial charge in [-0.1, -0.05) is 53.1 Å². The number of para-hydroxylation sites is 1. The second-order valence-electron chi connectivity index (χ2n) is 7.05. The first kappa shape index (κ1) is 18.3. The van der Waals surface area contributed by atoms with Crippen molar-refractivity contribution in [1.29, 1.82) is 0 Å². The van der Waals surface area contributed by atoms with Gasteiger partial charge in [0, 0.05) is 17.6 Å². The molecule has 1 heteroatoms. The molecule has 1 aromatic carbocycles. The van der Waals surface area contributed by atoms with Crippen LogP contribution in [0.15, 0.2) is 65.3 Å². The number of rotatable bonds is 8. The summed E-state index contributed by atoms with van der Waals surface area (Å²) in [7, 11) is 0. The van der Waals surface area contributed by atoms with Gasteiger partial charge in [-0.05, 0) is 70.9 Å². The first-order valence-corrected chi connectivity index (χ1v) is 9.06. The number of benzene rings is 1.